The van der Waals surface area contributed by atoms with Gasteiger partial charge in [0.05, 0.1) is 28.4 Å². The second-order valence-electron chi connectivity index (χ2n) is 6.07. The Bertz CT molecular complexity index is 700. The van der Waals surface area contributed by atoms with Crippen molar-refractivity contribution in [2.24, 2.45) is 10.8 Å². The van der Waals surface area contributed by atoms with Crippen LogP contribution in [0.4, 0.5) is 0 Å². The van der Waals surface area contributed by atoms with Crippen LogP contribution in [0.25, 0.3) is 0 Å². The lowest BCUT2D eigenvalue weighted by molar-refractivity contribution is -0.170. The molecule has 162 valence electrons. The van der Waals surface area contributed by atoms with E-state index in [1.807, 2.05) is 0 Å². The van der Waals surface area contributed by atoms with Crippen molar-refractivity contribution in [3.8, 4) is 23.7 Å². The second-order valence-corrected chi connectivity index (χ2v) is 6.07. The van der Waals surface area contributed by atoms with Gasteiger partial charge in [-0.05, 0) is 24.7 Å². The summed E-state index contributed by atoms with van der Waals surface area (Å²) >= 11 is 0. The van der Waals surface area contributed by atoms with Crippen molar-refractivity contribution in [3.05, 3.63) is 25.3 Å². The first-order valence-corrected chi connectivity index (χ1v) is 8.77. The number of carbonyl (C=O) groups is 4. The van der Waals surface area contributed by atoms with Crippen LogP contribution in [0.2, 0.25) is 0 Å². The van der Waals surface area contributed by atoms with E-state index in [9.17, 15) is 19.2 Å². The topological polar surface area (TPSA) is 105 Å². The number of carbonyl (C=O) groups excluding carboxylic acids is 4. The predicted octanol–water partition coefficient (Wildman–Crippen LogP) is 1.59. The Morgan fingerprint density at radius 3 is 1.13 bits per heavy atom. The average Bonchev–Trinajstić information content (AvgIpc) is 2.77. The van der Waals surface area contributed by atoms with Gasteiger partial charge in [0.2, 0.25) is 0 Å². The van der Waals surface area contributed by atoms with E-state index in [0.29, 0.717) is 0 Å². The largest absolute Gasteiger partial charge is 0.468 e. The molecule has 0 amide bonds. The number of methoxy groups -OCH3 is 4. The monoisotopic (exact) mass is 418 g/mol. The van der Waals surface area contributed by atoms with Crippen LogP contribution < -0.4 is 0 Å². The molecule has 0 aliphatic rings. The maximum atomic E-state index is 12.2. The lowest BCUT2D eigenvalue weighted by Gasteiger charge is -2.24. The third kappa shape index (κ3) is 5.99. The molecule has 0 heterocycles. The summed E-state index contributed by atoms with van der Waals surface area (Å²) in [5, 5.41) is 0. The zero-order valence-corrected chi connectivity index (χ0v) is 17.7. The van der Waals surface area contributed by atoms with Crippen LogP contribution in [0.15, 0.2) is 25.3 Å². The standard InChI is InChI=1S/C22H26O8/c1-7-13-21(17(23)27-3,18(24)28-4)15-11-9-10-12-16-22(14-8-2,19(25)29-5)20(26)30-6/h7-8H,1-2,13-16H2,3-6H3. The highest BCUT2D eigenvalue weighted by molar-refractivity contribution is 6.01. The number of hydrogen-bond donors (Lipinski definition) is 0. The van der Waals surface area contributed by atoms with E-state index < -0.39 is 34.7 Å². The van der Waals surface area contributed by atoms with Gasteiger partial charge in [-0.2, -0.15) is 0 Å². The summed E-state index contributed by atoms with van der Waals surface area (Å²) in [5.41, 5.74) is -3.32. The van der Waals surface area contributed by atoms with Gasteiger partial charge in [0.1, 0.15) is 0 Å². The van der Waals surface area contributed by atoms with Gasteiger partial charge in [-0.25, -0.2) is 0 Å². The first-order valence-electron chi connectivity index (χ1n) is 8.77. The number of esters is 4. The van der Waals surface area contributed by atoms with Crippen molar-refractivity contribution in [1.82, 2.24) is 0 Å². The zero-order chi connectivity index (χ0) is 23.2. The molecular weight excluding hydrogens is 392 g/mol. The Morgan fingerprint density at radius 1 is 0.667 bits per heavy atom. The molecule has 0 fully saturated rings. The summed E-state index contributed by atoms with van der Waals surface area (Å²) < 4.78 is 18.9. The molecule has 0 aromatic heterocycles. The summed E-state index contributed by atoms with van der Waals surface area (Å²) in [7, 11) is 4.59. The molecule has 0 aliphatic heterocycles. The van der Waals surface area contributed by atoms with Crippen LogP contribution >= 0.6 is 0 Å². The Kier molecular flexibility index (Phi) is 11.3. The van der Waals surface area contributed by atoms with E-state index in [2.05, 4.69) is 36.8 Å². The van der Waals surface area contributed by atoms with E-state index in [-0.39, 0.29) is 25.7 Å². The third-order valence-electron chi connectivity index (χ3n) is 4.31. The van der Waals surface area contributed by atoms with Crippen molar-refractivity contribution >= 4 is 23.9 Å². The van der Waals surface area contributed by atoms with Crippen molar-refractivity contribution in [2.45, 2.75) is 25.7 Å². The first kappa shape index (κ1) is 26.5. The Morgan fingerprint density at radius 2 is 0.933 bits per heavy atom. The fourth-order valence-corrected chi connectivity index (χ4v) is 2.69. The number of allylic oxidation sites excluding steroid dienone is 2. The van der Waals surface area contributed by atoms with Crippen LogP contribution in [0.1, 0.15) is 25.7 Å². The van der Waals surface area contributed by atoms with E-state index >= 15 is 0 Å². The molecule has 8 nitrogen and oxygen atoms in total. The zero-order valence-electron chi connectivity index (χ0n) is 17.7. The molecule has 0 saturated carbocycles. The summed E-state index contributed by atoms with van der Waals surface area (Å²) in [6.07, 6.45) is 2.25. The first-order chi connectivity index (χ1) is 14.3. The smallest absolute Gasteiger partial charge is 0.324 e. The van der Waals surface area contributed by atoms with Crippen molar-refractivity contribution in [2.75, 3.05) is 28.4 Å². The normalized spacial score (nSPS) is 10.1. The van der Waals surface area contributed by atoms with Crippen LogP contribution in [0.5, 0.6) is 0 Å². The van der Waals surface area contributed by atoms with Gasteiger partial charge in [-0.3, -0.25) is 19.2 Å². The maximum Gasteiger partial charge on any atom is 0.324 e. The van der Waals surface area contributed by atoms with Crippen molar-refractivity contribution < 1.29 is 38.1 Å². The number of rotatable bonds is 10. The fraction of sp³-hybridized carbons (Fsp3) is 0.455. The van der Waals surface area contributed by atoms with Crippen LogP contribution in [-0.2, 0) is 38.1 Å². The predicted molar refractivity (Wildman–Crippen MR) is 107 cm³/mol. The molecule has 0 rings (SSSR count). The quantitative estimate of drug-likeness (QED) is 0.173. The molecule has 0 bridgehead atoms. The van der Waals surface area contributed by atoms with Gasteiger partial charge in [-0.15, -0.1) is 13.2 Å². The molecule has 0 atom stereocenters. The lowest BCUT2D eigenvalue weighted by atomic mass is 9.81. The van der Waals surface area contributed by atoms with Crippen LogP contribution in [-0.4, -0.2) is 52.3 Å². The van der Waals surface area contributed by atoms with E-state index in [4.69, 9.17) is 18.9 Å². The fourth-order valence-electron chi connectivity index (χ4n) is 2.69. The van der Waals surface area contributed by atoms with Gasteiger partial charge in [-0.1, -0.05) is 24.0 Å². The minimum Gasteiger partial charge on any atom is -0.468 e. The molecule has 0 unspecified atom stereocenters. The van der Waals surface area contributed by atoms with Gasteiger partial charge >= 0.3 is 23.9 Å². The average molecular weight is 418 g/mol. The van der Waals surface area contributed by atoms with E-state index in [1.165, 1.54) is 12.2 Å². The van der Waals surface area contributed by atoms with Crippen LogP contribution in [0, 0.1) is 34.5 Å². The molecule has 0 radical (unpaired) electrons. The summed E-state index contributed by atoms with van der Waals surface area (Å²) in [6.45, 7) is 7.09. The lowest BCUT2D eigenvalue weighted by Crippen LogP contribution is -2.40. The summed E-state index contributed by atoms with van der Waals surface area (Å²) in [4.78, 5) is 48.7. The third-order valence-corrected chi connectivity index (χ3v) is 4.31. The molecule has 0 spiro atoms. The molecule has 0 aliphatic carbocycles. The minimum absolute atomic E-state index is 0.0401. The van der Waals surface area contributed by atoms with Gasteiger partial charge in [0, 0.05) is 12.8 Å². The molecule has 8 heteroatoms. The molecule has 0 aromatic rings. The molecule has 0 saturated heterocycles. The Balaban J connectivity index is 5.75. The molecule has 0 aromatic carbocycles. The molecule has 0 N–H and O–H groups in total. The number of ether oxygens (including phenoxy) is 4. The maximum absolute atomic E-state index is 12.2. The molecule has 30 heavy (non-hydrogen) atoms. The molecular formula is C22H26O8. The Hall–Kier alpha value is -3.52. The van der Waals surface area contributed by atoms with Gasteiger partial charge < -0.3 is 18.9 Å². The van der Waals surface area contributed by atoms with E-state index in [1.54, 1.807) is 0 Å². The number of hydrogen-bond acceptors (Lipinski definition) is 8. The van der Waals surface area contributed by atoms with Gasteiger partial charge in [0.25, 0.3) is 0 Å². The highest BCUT2D eigenvalue weighted by Gasteiger charge is 2.47. The summed E-state index contributed by atoms with van der Waals surface area (Å²) in [5.74, 6) is 7.00. The highest BCUT2D eigenvalue weighted by atomic mass is 16.6. The van der Waals surface area contributed by atoms with E-state index in [0.717, 1.165) is 28.4 Å². The van der Waals surface area contributed by atoms with Crippen molar-refractivity contribution in [3.63, 3.8) is 0 Å². The highest BCUT2D eigenvalue weighted by Crippen LogP contribution is 2.31. The Labute approximate surface area is 176 Å². The second kappa shape index (κ2) is 12.8. The van der Waals surface area contributed by atoms with Gasteiger partial charge in [0.15, 0.2) is 10.8 Å². The minimum atomic E-state index is -1.66. The SMILES string of the molecule is C=CCC(CC#CC#CCC(CC=C)(C(=O)OC)C(=O)OC)(C(=O)OC)C(=O)OC. The van der Waals surface area contributed by atoms with Crippen molar-refractivity contribution in [1.29, 1.82) is 0 Å². The van der Waals surface area contributed by atoms with Crippen LogP contribution in [0.3, 0.4) is 0 Å². The summed E-state index contributed by atoms with van der Waals surface area (Å²) in [6, 6.07) is 0.